The molecule has 34 heavy (non-hydrogen) atoms. The third kappa shape index (κ3) is 6.54. The lowest BCUT2D eigenvalue weighted by molar-refractivity contribution is -0.0900. The second-order valence-electron chi connectivity index (χ2n) is 7.06. The van der Waals surface area contributed by atoms with E-state index < -0.39 is 76.1 Å². The fourth-order valence-corrected chi connectivity index (χ4v) is 3.51. The molecule has 0 amide bonds. The Kier molecular flexibility index (Phi) is 9.60. The number of ether oxygens (including phenoxy) is 1. The zero-order chi connectivity index (χ0) is 25.8. The molecule has 0 radical (unpaired) electrons. The van der Waals surface area contributed by atoms with Gasteiger partial charge in [-0.2, -0.15) is 4.98 Å². The van der Waals surface area contributed by atoms with Gasteiger partial charge in [0.2, 0.25) is 5.95 Å². The maximum atomic E-state index is 11.8. The normalized spacial score (nSPS) is 25.6. The summed E-state index contributed by atoms with van der Waals surface area (Å²) in [5, 5.41) is 61.9. The molecule has 1 aliphatic rings. The van der Waals surface area contributed by atoms with Crippen LogP contribution in [-0.2, 0) is 13.8 Å². The maximum absolute atomic E-state index is 11.8. The van der Waals surface area contributed by atoms with Gasteiger partial charge in [0.25, 0.3) is 5.56 Å². The zero-order valence-corrected chi connectivity index (χ0v) is 18.2. The molecule has 1 saturated heterocycles. The molecule has 18 nitrogen and oxygen atoms in total. The number of aliphatic hydroxyl groups excluding tert-OH is 7. The van der Waals surface area contributed by atoms with Gasteiger partial charge in [0.15, 0.2) is 17.4 Å². The molecule has 0 aromatic carbocycles. The number of anilines is 1. The summed E-state index contributed by atoms with van der Waals surface area (Å²) in [5.74, 6) is -0.209. The topological polar surface area (TPSA) is 307 Å². The smallest absolute Gasteiger partial charge is 0.394 e. The summed E-state index contributed by atoms with van der Waals surface area (Å²) in [4.78, 5) is 39.8. The van der Waals surface area contributed by atoms with E-state index in [1.54, 1.807) is 0 Å². The second-order valence-corrected chi connectivity index (χ2v) is 8.26. The molecule has 0 unspecified atom stereocenters. The molecule has 1 fully saturated rings. The third-order valence-corrected chi connectivity index (χ3v) is 5.16. The van der Waals surface area contributed by atoms with E-state index in [9.17, 15) is 19.6 Å². The lowest BCUT2D eigenvalue weighted by atomic mass is 10.1. The lowest BCUT2D eigenvalue weighted by Crippen LogP contribution is -2.41. The van der Waals surface area contributed by atoms with Crippen molar-refractivity contribution in [2.24, 2.45) is 0 Å². The van der Waals surface area contributed by atoms with Gasteiger partial charge in [0.05, 0.1) is 26.1 Å². The average molecular weight is 515 g/mol. The van der Waals surface area contributed by atoms with E-state index >= 15 is 0 Å². The van der Waals surface area contributed by atoms with Crippen molar-refractivity contribution in [2.45, 2.75) is 42.9 Å². The number of nitrogens with two attached hydrogens (primary N) is 1. The lowest BCUT2D eigenvalue weighted by Gasteiger charge is -2.22. The maximum Gasteiger partial charge on any atom is 0.470 e. The Morgan fingerprint density at radius 2 is 1.79 bits per heavy atom. The minimum Gasteiger partial charge on any atom is -0.394 e. The highest BCUT2D eigenvalue weighted by molar-refractivity contribution is 7.46. The fraction of sp³-hybridized carbons (Fsp3) is 0.667. The van der Waals surface area contributed by atoms with Crippen molar-refractivity contribution >= 4 is 24.9 Å². The minimum atomic E-state index is -4.98. The summed E-state index contributed by atoms with van der Waals surface area (Å²) in [6.45, 7) is -1.90. The molecule has 0 saturated carbocycles. The van der Waals surface area contributed by atoms with Gasteiger partial charge in [-0.25, -0.2) is 9.55 Å². The predicted octanol–water partition coefficient (Wildman–Crippen LogP) is -5.52. The molecule has 19 heteroatoms. The van der Waals surface area contributed by atoms with Gasteiger partial charge in [0, 0.05) is 0 Å². The fourth-order valence-electron chi connectivity index (χ4n) is 2.97. The Balaban J connectivity index is 0.000000347. The van der Waals surface area contributed by atoms with Crippen LogP contribution in [0, 0.1) is 0 Å². The van der Waals surface area contributed by atoms with E-state index in [1.165, 1.54) is 0 Å². The van der Waals surface area contributed by atoms with E-state index in [0.717, 1.165) is 10.9 Å². The highest BCUT2D eigenvalue weighted by Crippen LogP contribution is 2.44. The van der Waals surface area contributed by atoms with Crippen LogP contribution in [0.3, 0.4) is 0 Å². The van der Waals surface area contributed by atoms with Crippen LogP contribution in [0.15, 0.2) is 11.1 Å². The standard InChI is InChI=1S/C10H14N5O8P.C5H12O5/c11-10-13-7-4(8(18)14-10)12-2-15(7)9-6(23-24(19,20)21)5(17)3(1-16)22-9;6-1-3(8)5(10)4(9)2-7/h2-3,5-6,9,16-17H,1H2,(H2,19,20,21)(H3,11,13,14,18);3-10H,1-2H2/t3-,5-,6-,9-;3-,4+,5-/m1./s1. The minimum absolute atomic E-state index is 0.0358. The van der Waals surface area contributed by atoms with Crippen molar-refractivity contribution in [2.75, 3.05) is 25.6 Å². The Morgan fingerprint density at radius 3 is 2.29 bits per heavy atom. The zero-order valence-electron chi connectivity index (χ0n) is 17.3. The number of H-pyrrole nitrogens is 1. The Labute approximate surface area is 189 Å². The summed E-state index contributed by atoms with van der Waals surface area (Å²) in [6, 6.07) is 0. The number of aromatic nitrogens is 4. The molecular formula is C15H26N5O13P. The summed E-state index contributed by atoms with van der Waals surface area (Å²) in [7, 11) is -4.98. The number of hydrogen-bond acceptors (Lipinski definition) is 14. The van der Waals surface area contributed by atoms with E-state index in [0.29, 0.717) is 0 Å². The molecule has 0 spiro atoms. The number of aromatic amines is 1. The molecule has 7 atom stereocenters. The monoisotopic (exact) mass is 515 g/mol. The van der Waals surface area contributed by atoms with Crippen LogP contribution < -0.4 is 11.3 Å². The first kappa shape index (κ1) is 28.2. The van der Waals surface area contributed by atoms with E-state index in [-0.39, 0.29) is 17.1 Å². The van der Waals surface area contributed by atoms with Crippen LogP contribution in [0.2, 0.25) is 0 Å². The Morgan fingerprint density at radius 1 is 1.21 bits per heavy atom. The first-order chi connectivity index (χ1) is 15.8. The first-order valence-corrected chi connectivity index (χ1v) is 11.0. The molecule has 0 aliphatic carbocycles. The summed E-state index contributed by atoms with van der Waals surface area (Å²) in [6.07, 6.45) is -8.71. The van der Waals surface area contributed by atoms with E-state index in [1.807, 2.05) is 0 Å². The first-order valence-electron chi connectivity index (χ1n) is 9.51. The number of hydrogen-bond donors (Lipinski definition) is 11. The van der Waals surface area contributed by atoms with Crippen LogP contribution in [0.5, 0.6) is 0 Å². The van der Waals surface area contributed by atoms with Gasteiger partial charge in [-0.15, -0.1) is 0 Å². The molecule has 3 rings (SSSR count). The number of nitrogen functional groups attached to an aromatic ring is 1. The number of fused-ring (bicyclic) bond motifs is 1. The second kappa shape index (κ2) is 11.6. The molecule has 1 aliphatic heterocycles. The van der Waals surface area contributed by atoms with Crippen molar-refractivity contribution in [3.63, 3.8) is 0 Å². The molecule has 0 bridgehead atoms. The van der Waals surface area contributed by atoms with Crippen molar-refractivity contribution in [1.29, 1.82) is 0 Å². The van der Waals surface area contributed by atoms with Crippen LogP contribution in [0.4, 0.5) is 5.95 Å². The summed E-state index contributed by atoms with van der Waals surface area (Å²) in [5.41, 5.74) is 4.72. The van der Waals surface area contributed by atoms with Crippen molar-refractivity contribution < 1.29 is 59.4 Å². The van der Waals surface area contributed by atoms with E-state index in [4.69, 9.17) is 45.8 Å². The molecule has 3 heterocycles. The van der Waals surface area contributed by atoms with Crippen LogP contribution >= 0.6 is 7.82 Å². The molecule has 2 aromatic heterocycles. The van der Waals surface area contributed by atoms with Gasteiger partial charge in [0.1, 0.15) is 36.6 Å². The van der Waals surface area contributed by atoms with Crippen molar-refractivity contribution in [3.05, 3.63) is 16.7 Å². The van der Waals surface area contributed by atoms with Gasteiger partial charge < -0.3 is 56.0 Å². The van der Waals surface area contributed by atoms with Crippen LogP contribution in [0.25, 0.3) is 11.2 Å². The SMILES string of the molecule is Nc1nc2c(ncn2[C@@H]2O[C@H](CO)[C@@H](O)[C@H]2OP(=O)(O)O)c(=O)[nH]1.OC[C@@H](O)[C@@H](O)[C@@H](O)CO. The highest BCUT2D eigenvalue weighted by Gasteiger charge is 2.48. The molecule has 2 aromatic rings. The quantitative estimate of drug-likeness (QED) is 0.146. The number of nitrogens with one attached hydrogen (secondary N) is 1. The van der Waals surface area contributed by atoms with Gasteiger partial charge in [-0.1, -0.05) is 0 Å². The number of phosphoric ester groups is 1. The number of phosphoric acid groups is 1. The third-order valence-electron chi connectivity index (χ3n) is 4.64. The number of imidazole rings is 1. The van der Waals surface area contributed by atoms with Crippen molar-refractivity contribution in [1.82, 2.24) is 19.5 Å². The number of rotatable bonds is 8. The largest absolute Gasteiger partial charge is 0.470 e. The predicted molar refractivity (Wildman–Crippen MR) is 109 cm³/mol. The van der Waals surface area contributed by atoms with Crippen LogP contribution in [-0.4, -0.2) is 121 Å². The summed E-state index contributed by atoms with van der Waals surface area (Å²) >= 11 is 0. The van der Waals surface area contributed by atoms with Gasteiger partial charge in [-0.05, 0) is 0 Å². The molecule has 194 valence electrons. The Hall–Kier alpha value is -2.06. The Bertz CT molecular complexity index is 1030. The summed E-state index contributed by atoms with van der Waals surface area (Å²) < 4.78 is 22.2. The van der Waals surface area contributed by atoms with Crippen LogP contribution in [0.1, 0.15) is 6.23 Å². The number of aliphatic hydroxyl groups is 7. The van der Waals surface area contributed by atoms with Gasteiger partial charge in [-0.3, -0.25) is 18.9 Å². The average Bonchev–Trinajstić information content (AvgIpc) is 3.32. The van der Waals surface area contributed by atoms with Crippen molar-refractivity contribution in [3.8, 4) is 0 Å². The van der Waals surface area contributed by atoms with E-state index in [2.05, 4.69) is 19.5 Å². The highest BCUT2D eigenvalue weighted by atomic mass is 31.2. The molecule has 12 N–H and O–H groups in total. The van der Waals surface area contributed by atoms with Gasteiger partial charge >= 0.3 is 7.82 Å². The molecular weight excluding hydrogens is 489 g/mol. The number of nitrogens with zero attached hydrogens (tertiary/aromatic N) is 3.